The summed E-state index contributed by atoms with van der Waals surface area (Å²) in [5.74, 6) is 1.91. The van der Waals surface area contributed by atoms with Crippen molar-refractivity contribution in [3.63, 3.8) is 0 Å². The standard InChI is InChI=1S/C35H30N6O2S/c1-25(34(42)39-37-23-26-12-10-19-30(22-26)43-29-17-6-3-7-18-29)44-35-40-38-33(41(35)28-15-4-2-5-16-28)24-36-32-21-11-14-27-13-8-9-20-31(27)32/h2-23,25,36H,24H2,1H3,(H,39,42)/b37-23+. The molecule has 0 spiro atoms. The number of nitrogens with zero attached hydrogens (tertiary/aromatic N) is 4. The molecule has 0 saturated heterocycles. The Bertz CT molecular complexity index is 1890. The second kappa shape index (κ2) is 13.7. The average Bonchev–Trinajstić information content (AvgIpc) is 3.46. The molecule has 0 radical (unpaired) electrons. The first-order valence-electron chi connectivity index (χ1n) is 14.2. The van der Waals surface area contributed by atoms with Crippen LogP contribution in [-0.4, -0.2) is 32.1 Å². The zero-order valence-electron chi connectivity index (χ0n) is 24.0. The molecule has 8 nitrogen and oxygen atoms in total. The van der Waals surface area contributed by atoms with Crippen LogP contribution in [0.25, 0.3) is 16.5 Å². The summed E-state index contributed by atoms with van der Waals surface area (Å²) in [7, 11) is 0. The van der Waals surface area contributed by atoms with Gasteiger partial charge in [-0.1, -0.05) is 96.7 Å². The van der Waals surface area contributed by atoms with Gasteiger partial charge in [-0.2, -0.15) is 5.10 Å². The summed E-state index contributed by atoms with van der Waals surface area (Å²) in [5.41, 5.74) is 5.38. The Kier molecular flexibility index (Phi) is 8.94. The number of carbonyl (C=O) groups is 1. The van der Waals surface area contributed by atoms with Crippen molar-refractivity contribution in [3.8, 4) is 17.2 Å². The molecular weight excluding hydrogens is 568 g/mol. The van der Waals surface area contributed by atoms with Crippen LogP contribution in [0.2, 0.25) is 0 Å². The van der Waals surface area contributed by atoms with E-state index >= 15 is 0 Å². The minimum Gasteiger partial charge on any atom is -0.457 e. The van der Waals surface area contributed by atoms with E-state index in [1.54, 1.807) is 6.21 Å². The number of hydrazone groups is 1. The highest BCUT2D eigenvalue weighted by molar-refractivity contribution is 8.00. The molecule has 1 aromatic heterocycles. The van der Waals surface area contributed by atoms with Crippen LogP contribution in [0.1, 0.15) is 18.3 Å². The first-order valence-corrected chi connectivity index (χ1v) is 15.1. The van der Waals surface area contributed by atoms with Crippen LogP contribution < -0.4 is 15.5 Å². The monoisotopic (exact) mass is 598 g/mol. The normalized spacial score (nSPS) is 11.8. The van der Waals surface area contributed by atoms with Gasteiger partial charge in [-0.05, 0) is 60.3 Å². The Labute approximate surface area is 259 Å². The summed E-state index contributed by atoms with van der Waals surface area (Å²) >= 11 is 1.32. The second-order valence-electron chi connectivity index (χ2n) is 9.93. The lowest BCUT2D eigenvalue weighted by atomic mass is 10.1. The summed E-state index contributed by atoms with van der Waals surface area (Å²) in [6.45, 7) is 2.27. The van der Waals surface area contributed by atoms with Gasteiger partial charge in [-0.3, -0.25) is 9.36 Å². The van der Waals surface area contributed by atoms with Crippen molar-refractivity contribution in [2.24, 2.45) is 5.10 Å². The number of anilines is 1. The third-order valence-electron chi connectivity index (χ3n) is 6.82. The predicted octanol–water partition coefficient (Wildman–Crippen LogP) is 7.46. The van der Waals surface area contributed by atoms with Crippen LogP contribution in [0.5, 0.6) is 11.5 Å². The zero-order chi connectivity index (χ0) is 30.1. The number of ether oxygens (including phenoxy) is 1. The van der Waals surface area contributed by atoms with Gasteiger partial charge >= 0.3 is 0 Å². The number of fused-ring (bicyclic) bond motifs is 1. The van der Waals surface area contributed by atoms with Gasteiger partial charge < -0.3 is 10.1 Å². The molecule has 1 atom stereocenters. The number of rotatable bonds is 11. The number of hydrogen-bond acceptors (Lipinski definition) is 7. The molecule has 1 heterocycles. The molecule has 218 valence electrons. The van der Waals surface area contributed by atoms with E-state index in [0.717, 1.165) is 39.3 Å². The number of nitrogens with one attached hydrogen (secondary N) is 2. The lowest BCUT2D eigenvalue weighted by molar-refractivity contribution is -0.120. The molecule has 5 aromatic carbocycles. The average molecular weight is 599 g/mol. The topological polar surface area (TPSA) is 93.4 Å². The quantitative estimate of drug-likeness (QED) is 0.0914. The number of para-hydroxylation sites is 2. The fourth-order valence-electron chi connectivity index (χ4n) is 4.64. The van der Waals surface area contributed by atoms with Gasteiger partial charge in [0.1, 0.15) is 11.5 Å². The van der Waals surface area contributed by atoms with Crippen molar-refractivity contribution < 1.29 is 9.53 Å². The van der Waals surface area contributed by atoms with Gasteiger partial charge in [0, 0.05) is 16.8 Å². The van der Waals surface area contributed by atoms with Gasteiger partial charge in [0.05, 0.1) is 18.0 Å². The smallest absolute Gasteiger partial charge is 0.253 e. The molecule has 44 heavy (non-hydrogen) atoms. The fraction of sp³-hybridized carbons (Fsp3) is 0.0857. The van der Waals surface area contributed by atoms with E-state index in [1.165, 1.54) is 11.8 Å². The molecule has 0 saturated carbocycles. The van der Waals surface area contributed by atoms with Crippen molar-refractivity contribution in [2.75, 3.05) is 5.32 Å². The van der Waals surface area contributed by atoms with Gasteiger partial charge in [0.25, 0.3) is 5.91 Å². The third-order valence-corrected chi connectivity index (χ3v) is 7.86. The van der Waals surface area contributed by atoms with Gasteiger partial charge in [-0.25, -0.2) is 5.43 Å². The van der Waals surface area contributed by atoms with Crippen molar-refractivity contribution in [3.05, 3.63) is 139 Å². The van der Waals surface area contributed by atoms with Crippen LogP contribution in [-0.2, 0) is 11.3 Å². The molecule has 0 fully saturated rings. The summed E-state index contributed by atoms with van der Waals surface area (Å²) in [4.78, 5) is 13.0. The van der Waals surface area contributed by atoms with Crippen molar-refractivity contribution in [1.29, 1.82) is 0 Å². The van der Waals surface area contributed by atoms with Gasteiger partial charge in [0.15, 0.2) is 11.0 Å². The highest BCUT2D eigenvalue weighted by Crippen LogP contribution is 2.28. The Balaban J connectivity index is 1.13. The molecule has 0 aliphatic rings. The van der Waals surface area contributed by atoms with Crippen molar-refractivity contribution in [2.45, 2.75) is 23.9 Å². The first-order chi connectivity index (χ1) is 21.6. The van der Waals surface area contributed by atoms with Crippen LogP contribution in [0.4, 0.5) is 5.69 Å². The van der Waals surface area contributed by atoms with Crippen molar-refractivity contribution in [1.82, 2.24) is 20.2 Å². The number of amides is 1. The van der Waals surface area contributed by atoms with Crippen LogP contribution in [0.3, 0.4) is 0 Å². The SMILES string of the molecule is CC(Sc1nnc(CNc2cccc3ccccc23)n1-c1ccccc1)C(=O)N/N=C/c1cccc(Oc2ccccc2)c1. The number of benzene rings is 5. The van der Waals surface area contributed by atoms with E-state index in [4.69, 9.17) is 4.74 Å². The lowest BCUT2D eigenvalue weighted by Gasteiger charge is -2.14. The Morgan fingerprint density at radius 1 is 0.864 bits per heavy atom. The third kappa shape index (κ3) is 6.96. The maximum Gasteiger partial charge on any atom is 0.253 e. The fourth-order valence-corrected chi connectivity index (χ4v) is 5.52. The van der Waals surface area contributed by atoms with Crippen LogP contribution in [0.15, 0.2) is 138 Å². The van der Waals surface area contributed by atoms with Crippen LogP contribution in [0, 0.1) is 0 Å². The van der Waals surface area contributed by atoms with E-state index in [0.29, 0.717) is 17.5 Å². The first kappa shape index (κ1) is 28.7. The maximum atomic E-state index is 13.0. The summed E-state index contributed by atoms with van der Waals surface area (Å²) in [5, 5.41) is 19.1. The predicted molar refractivity (Wildman–Crippen MR) is 177 cm³/mol. The minimum absolute atomic E-state index is 0.249. The molecule has 1 amide bonds. The number of thioether (sulfide) groups is 1. The molecule has 6 aromatic rings. The molecule has 6 rings (SSSR count). The van der Waals surface area contributed by atoms with E-state index in [2.05, 4.69) is 50.3 Å². The van der Waals surface area contributed by atoms with E-state index in [9.17, 15) is 4.79 Å². The maximum absolute atomic E-state index is 13.0. The highest BCUT2D eigenvalue weighted by atomic mass is 32.2. The molecule has 0 aliphatic heterocycles. The number of hydrogen-bond donors (Lipinski definition) is 2. The minimum atomic E-state index is -0.481. The largest absolute Gasteiger partial charge is 0.457 e. The van der Waals surface area contributed by atoms with Crippen molar-refractivity contribution >= 4 is 40.3 Å². The number of aromatic nitrogens is 3. The summed E-state index contributed by atoms with van der Waals surface area (Å²) < 4.78 is 7.87. The summed E-state index contributed by atoms with van der Waals surface area (Å²) in [6, 6.07) is 41.4. The van der Waals surface area contributed by atoms with E-state index in [1.807, 2.05) is 115 Å². The Hall–Kier alpha value is -5.41. The number of carbonyl (C=O) groups excluding carboxylic acids is 1. The van der Waals surface area contributed by atoms with E-state index < -0.39 is 5.25 Å². The second-order valence-corrected chi connectivity index (χ2v) is 11.2. The van der Waals surface area contributed by atoms with Gasteiger partial charge in [0.2, 0.25) is 0 Å². The molecule has 0 bridgehead atoms. The molecule has 1 unspecified atom stereocenters. The Morgan fingerprint density at radius 2 is 1.57 bits per heavy atom. The lowest BCUT2D eigenvalue weighted by Crippen LogP contribution is -2.27. The van der Waals surface area contributed by atoms with Crippen LogP contribution >= 0.6 is 11.8 Å². The Morgan fingerprint density at radius 3 is 2.41 bits per heavy atom. The summed E-state index contributed by atoms with van der Waals surface area (Å²) in [6.07, 6.45) is 1.59. The highest BCUT2D eigenvalue weighted by Gasteiger charge is 2.21. The van der Waals surface area contributed by atoms with E-state index in [-0.39, 0.29) is 5.91 Å². The molecule has 0 aliphatic carbocycles. The molecule has 2 N–H and O–H groups in total. The molecular formula is C35H30N6O2S. The molecule has 9 heteroatoms. The van der Waals surface area contributed by atoms with Gasteiger partial charge in [-0.15, -0.1) is 10.2 Å². The zero-order valence-corrected chi connectivity index (χ0v) is 24.8.